The van der Waals surface area contributed by atoms with Crippen LogP contribution in [0.5, 0.6) is 0 Å². The number of thioether (sulfide) groups is 2. The molecule has 1 aliphatic heterocycles. The van der Waals surface area contributed by atoms with Crippen LogP contribution in [0.4, 0.5) is 0 Å². The molecule has 3 heterocycles. The molecule has 3 rings (SSSR count). The molecule has 7 heteroatoms. The predicted octanol–water partition coefficient (Wildman–Crippen LogP) is 2.40. The summed E-state index contributed by atoms with van der Waals surface area (Å²) >= 11 is 4.95. The zero-order valence-corrected chi connectivity index (χ0v) is 12.2. The van der Waals surface area contributed by atoms with E-state index in [4.69, 9.17) is 0 Å². The summed E-state index contributed by atoms with van der Waals surface area (Å²) < 4.78 is 2.76. The summed E-state index contributed by atoms with van der Waals surface area (Å²) in [6, 6.07) is 1.62. The first-order valence-corrected chi connectivity index (χ1v) is 8.36. The van der Waals surface area contributed by atoms with Crippen molar-refractivity contribution in [2.45, 2.75) is 12.7 Å². The van der Waals surface area contributed by atoms with Crippen LogP contribution in [0.3, 0.4) is 0 Å². The van der Waals surface area contributed by atoms with Gasteiger partial charge in [-0.2, -0.15) is 0 Å². The monoisotopic (exact) mass is 297 g/mol. The molecule has 2 aromatic heterocycles. The Labute approximate surface area is 117 Å². The average molecular weight is 297 g/mol. The molecule has 0 bridgehead atoms. The van der Waals surface area contributed by atoms with Gasteiger partial charge in [-0.1, -0.05) is 23.5 Å². The zero-order valence-electron chi connectivity index (χ0n) is 9.75. The topological polar surface area (TPSA) is 46.7 Å². The lowest BCUT2D eigenvalue weighted by Crippen LogP contribution is -2.14. The summed E-state index contributed by atoms with van der Waals surface area (Å²) in [5.74, 6) is 1.79. The van der Waals surface area contributed by atoms with E-state index in [0.717, 1.165) is 33.0 Å². The highest BCUT2D eigenvalue weighted by atomic mass is 32.2. The van der Waals surface area contributed by atoms with Crippen LogP contribution in [-0.4, -0.2) is 26.1 Å². The summed E-state index contributed by atoms with van der Waals surface area (Å²) in [6.07, 6.45) is 0. The number of fused-ring (bicyclic) bond motifs is 1. The van der Waals surface area contributed by atoms with Crippen molar-refractivity contribution in [2.24, 2.45) is 4.99 Å². The van der Waals surface area contributed by atoms with Crippen LogP contribution in [0.1, 0.15) is 11.4 Å². The Morgan fingerprint density at radius 2 is 2.44 bits per heavy atom. The zero-order chi connectivity index (χ0) is 12.5. The van der Waals surface area contributed by atoms with Gasteiger partial charge in [0.2, 0.25) is 0 Å². The Morgan fingerprint density at radius 1 is 1.56 bits per heavy atom. The quantitative estimate of drug-likeness (QED) is 0.854. The molecule has 0 spiro atoms. The molecule has 0 saturated carbocycles. The molecule has 0 aromatic carbocycles. The van der Waals surface area contributed by atoms with E-state index in [2.05, 4.69) is 9.98 Å². The molecule has 0 saturated heterocycles. The molecular weight excluding hydrogens is 286 g/mol. The summed E-state index contributed by atoms with van der Waals surface area (Å²) in [5, 5.41) is 1.96. The van der Waals surface area contributed by atoms with E-state index < -0.39 is 0 Å². The van der Waals surface area contributed by atoms with E-state index in [1.165, 1.54) is 11.3 Å². The van der Waals surface area contributed by atoms with Gasteiger partial charge in [-0.15, -0.1) is 11.3 Å². The van der Waals surface area contributed by atoms with Crippen molar-refractivity contribution in [1.29, 1.82) is 0 Å². The lowest BCUT2D eigenvalue weighted by atomic mass is 10.4. The number of hydrogen-bond donors (Lipinski definition) is 0. The van der Waals surface area contributed by atoms with Crippen LogP contribution in [0, 0.1) is 6.92 Å². The van der Waals surface area contributed by atoms with Crippen LogP contribution in [0.15, 0.2) is 21.2 Å². The van der Waals surface area contributed by atoms with E-state index in [1.54, 1.807) is 34.0 Å². The molecule has 1 aliphatic rings. The smallest absolute Gasteiger partial charge is 0.258 e. The molecule has 4 nitrogen and oxygen atoms in total. The van der Waals surface area contributed by atoms with Gasteiger partial charge >= 0.3 is 0 Å². The molecule has 94 valence electrons. The number of nitrogens with zero attached hydrogens (tertiary/aromatic N) is 3. The molecular formula is C11H11N3OS3. The number of rotatable bonds is 2. The van der Waals surface area contributed by atoms with E-state index >= 15 is 0 Å². The lowest BCUT2D eigenvalue weighted by molar-refractivity contribution is 0.998. The summed E-state index contributed by atoms with van der Waals surface area (Å²) in [6.45, 7) is 2.83. The molecule has 0 aliphatic carbocycles. The van der Waals surface area contributed by atoms with Gasteiger partial charge in [0, 0.05) is 28.6 Å². The lowest BCUT2D eigenvalue weighted by Gasteiger charge is -2.01. The van der Waals surface area contributed by atoms with Crippen molar-refractivity contribution in [2.75, 3.05) is 12.3 Å². The highest BCUT2D eigenvalue weighted by Crippen LogP contribution is 2.24. The van der Waals surface area contributed by atoms with Crippen LogP contribution >= 0.6 is 34.9 Å². The van der Waals surface area contributed by atoms with Gasteiger partial charge in [-0.3, -0.25) is 14.2 Å². The summed E-state index contributed by atoms with van der Waals surface area (Å²) in [4.78, 5) is 21.6. The third-order valence-electron chi connectivity index (χ3n) is 2.53. The Morgan fingerprint density at radius 3 is 3.22 bits per heavy atom. The number of aryl methyl sites for hydroxylation is 1. The fraction of sp³-hybridized carbons (Fsp3) is 0.364. The van der Waals surface area contributed by atoms with E-state index in [1.807, 2.05) is 12.3 Å². The van der Waals surface area contributed by atoms with E-state index in [0.29, 0.717) is 5.75 Å². The average Bonchev–Trinajstić information content (AvgIpc) is 2.97. The normalized spacial score (nSPS) is 15.3. The molecule has 0 fully saturated rings. The van der Waals surface area contributed by atoms with Crippen LogP contribution in [0.2, 0.25) is 0 Å². The fourth-order valence-corrected chi connectivity index (χ4v) is 4.51. The van der Waals surface area contributed by atoms with Crippen LogP contribution in [0.25, 0.3) is 4.96 Å². The minimum atomic E-state index is 0.00960. The van der Waals surface area contributed by atoms with E-state index in [9.17, 15) is 4.79 Å². The third kappa shape index (κ3) is 2.34. The van der Waals surface area contributed by atoms with Crippen LogP contribution in [-0.2, 0) is 5.75 Å². The number of thiazole rings is 1. The van der Waals surface area contributed by atoms with Crippen molar-refractivity contribution >= 4 is 44.2 Å². The standard InChI is InChI=1S/C11H11N3OS3/c1-7-5-17-10-13-8(4-9(15)14(7)10)6-18-11-12-2-3-16-11/h4-5H,2-3,6H2,1H3. The Kier molecular flexibility index (Phi) is 3.45. The highest BCUT2D eigenvalue weighted by molar-refractivity contribution is 8.38. The summed E-state index contributed by atoms with van der Waals surface area (Å²) in [7, 11) is 0. The maximum Gasteiger partial charge on any atom is 0.258 e. The highest BCUT2D eigenvalue weighted by Gasteiger charge is 2.10. The van der Waals surface area contributed by atoms with Crippen LogP contribution < -0.4 is 5.56 Å². The van der Waals surface area contributed by atoms with Gasteiger partial charge in [-0.25, -0.2) is 4.98 Å². The van der Waals surface area contributed by atoms with Crippen molar-refractivity contribution in [1.82, 2.24) is 9.38 Å². The first kappa shape index (κ1) is 12.3. The Bertz CT molecular complexity index is 674. The van der Waals surface area contributed by atoms with Gasteiger partial charge in [0.05, 0.1) is 12.2 Å². The number of aromatic nitrogens is 2. The second-order valence-corrected chi connectivity index (χ2v) is 7.01. The van der Waals surface area contributed by atoms with Gasteiger partial charge in [0.15, 0.2) is 4.96 Å². The first-order chi connectivity index (χ1) is 8.74. The van der Waals surface area contributed by atoms with Crippen molar-refractivity contribution in [3.63, 3.8) is 0 Å². The maximum absolute atomic E-state index is 12.0. The molecule has 0 atom stereocenters. The predicted molar refractivity (Wildman–Crippen MR) is 80.1 cm³/mol. The summed E-state index contributed by atoms with van der Waals surface area (Å²) in [5.41, 5.74) is 1.79. The maximum atomic E-state index is 12.0. The molecule has 0 unspecified atom stereocenters. The van der Waals surface area contributed by atoms with Crippen molar-refractivity contribution in [3.8, 4) is 0 Å². The third-order valence-corrected chi connectivity index (χ3v) is 5.76. The minimum absolute atomic E-state index is 0.00960. The largest absolute Gasteiger partial charge is 0.271 e. The van der Waals surface area contributed by atoms with Crippen molar-refractivity contribution in [3.05, 3.63) is 33.2 Å². The minimum Gasteiger partial charge on any atom is -0.271 e. The molecule has 0 radical (unpaired) electrons. The Hall–Kier alpha value is -0.790. The molecule has 0 amide bonds. The first-order valence-electron chi connectivity index (χ1n) is 5.51. The van der Waals surface area contributed by atoms with Gasteiger partial charge < -0.3 is 0 Å². The molecule has 2 aromatic rings. The van der Waals surface area contributed by atoms with Gasteiger partial charge in [0.1, 0.15) is 4.38 Å². The van der Waals surface area contributed by atoms with Gasteiger partial charge in [-0.05, 0) is 6.92 Å². The molecule has 18 heavy (non-hydrogen) atoms. The Balaban J connectivity index is 1.86. The number of aliphatic imine (C=N–C) groups is 1. The number of hydrogen-bond acceptors (Lipinski definition) is 6. The van der Waals surface area contributed by atoms with Gasteiger partial charge in [0.25, 0.3) is 5.56 Å². The molecule has 0 N–H and O–H groups in total. The second-order valence-electron chi connectivity index (χ2n) is 3.87. The van der Waals surface area contributed by atoms with Crippen molar-refractivity contribution < 1.29 is 0 Å². The SMILES string of the molecule is Cc1csc2nc(CSC3=NCCS3)cc(=O)n12. The fourth-order valence-electron chi connectivity index (χ4n) is 1.71. The van der Waals surface area contributed by atoms with E-state index in [-0.39, 0.29) is 5.56 Å². The second kappa shape index (κ2) is 5.07.